The highest BCUT2D eigenvalue weighted by Crippen LogP contribution is 2.33. The Kier molecular flexibility index (Phi) is 5.33. The third-order valence-electron chi connectivity index (χ3n) is 5.02. The summed E-state index contributed by atoms with van der Waals surface area (Å²) in [5, 5.41) is 0. The number of hydrogen-bond donors (Lipinski definition) is 0. The van der Waals surface area contributed by atoms with Crippen LogP contribution in [0.25, 0.3) is 0 Å². The van der Waals surface area contributed by atoms with Crippen molar-refractivity contribution in [1.82, 2.24) is 9.80 Å². The van der Waals surface area contributed by atoms with Gasteiger partial charge in [0.25, 0.3) is 0 Å². The van der Waals surface area contributed by atoms with Crippen LogP contribution in [0.3, 0.4) is 0 Å². The monoisotopic (exact) mass is 352 g/mol. The minimum absolute atomic E-state index is 0.0535. The van der Waals surface area contributed by atoms with E-state index >= 15 is 0 Å². The molecule has 1 aliphatic heterocycles. The predicted molar refractivity (Wildman–Crippen MR) is 104 cm³/mol. The highest BCUT2D eigenvalue weighted by molar-refractivity contribution is 5.68. The lowest BCUT2D eigenvalue weighted by Gasteiger charge is -2.44. The average Bonchev–Trinajstić information content (AvgIpc) is 2.60. The molecule has 0 N–H and O–H groups in total. The Morgan fingerprint density at radius 2 is 1.46 bits per heavy atom. The van der Waals surface area contributed by atoms with Crippen molar-refractivity contribution in [3.8, 4) is 0 Å². The minimum atomic E-state index is -0.252. The number of ether oxygens (including phenoxy) is 1. The van der Waals surface area contributed by atoms with Crippen LogP contribution < -0.4 is 0 Å². The zero-order valence-electron chi connectivity index (χ0n) is 16.1. The lowest BCUT2D eigenvalue weighted by molar-refractivity contribution is -0.0437. The quantitative estimate of drug-likeness (QED) is 0.821. The Morgan fingerprint density at radius 1 is 1.00 bits per heavy atom. The van der Waals surface area contributed by atoms with Crippen molar-refractivity contribution < 1.29 is 9.53 Å². The molecule has 0 atom stereocenters. The molecular formula is C22H28N2O2. The average molecular weight is 352 g/mol. The van der Waals surface area contributed by atoms with E-state index in [1.54, 1.807) is 11.9 Å². The predicted octanol–water partition coefficient (Wildman–Crippen LogP) is 4.33. The van der Waals surface area contributed by atoms with Crippen molar-refractivity contribution >= 4 is 6.09 Å². The van der Waals surface area contributed by atoms with Crippen molar-refractivity contribution in [3.05, 3.63) is 71.8 Å². The van der Waals surface area contributed by atoms with E-state index in [9.17, 15) is 4.79 Å². The Morgan fingerprint density at radius 3 is 1.88 bits per heavy atom. The molecule has 0 aromatic heterocycles. The standard InChI is InChI=1S/C22H28N2O2/c1-22(2,3)23(4)21(25)26-19-15-24(16-19)20(17-11-7-5-8-12-17)18-13-9-6-10-14-18/h5-14,19-20H,15-16H2,1-4H3. The Balaban J connectivity index is 1.67. The summed E-state index contributed by atoms with van der Waals surface area (Å²) in [5.41, 5.74) is 2.28. The number of hydrogen-bond acceptors (Lipinski definition) is 3. The molecule has 0 bridgehead atoms. The van der Waals surface area contributed by atoms with Crippen LogP contribution in [-0.2, 0) is 4.74 Å². The summed E-state index contributed by atoms with van der Waals surface area (Å²) in [6.45, 7) is 7.50. The molecule has 4 heteroatoms. The van der Waals surface area contributed by atoms with Gasteiger partial charge in [0.1, 0.15) is 6.10 Å². The van der Waals surface area contributed by atoms with Crippen LogP contribution in [0.1, 0.15) is 37.9 Å². The fraction of sp³-hybridized carbons (Fsp3) is 0.409. The zero-order valence-corrected chi connectivity index (χ0v) is 16.1. The van der Waals surface area contributed by atoms with E-state index in [2.05, 4.69) is 53.4 Å². The third-order valence-corrected chi connectivity index (χ3v) is 5.02. The first-order chi connectivity index (χ1) is 12.4. The first kappa shape index (κ1) is 18.5. The maximum atomic E-state index is 12.3. The first-order valence-corrected chi connectivity index (χ1v) is 9.14. The van der Waals surface area contributed by atoms with Gasteiger partial charge in [-0.25, -0.2) is 4.79 Å². The molecule has 0 aliphatic carbocycles. The maximum absolute atomic E-state index is 12.3. The van der Waals surface area contributed by atoms with Gasteiger partial charge in [-0.15, -0.1) is 0 Å². The molecule has 0 saturated carbocycles. The zero-order chi connectivity index (χ0) is 18.7. The molecule has 2 aromatic rings. The van der Waals surface area contributed by atoms with E-state index in [-0.39, 0.29) is 23.8 Å². The third kappa shape index (κ3) is 4.07. The summed E-state index contributed by atoms with van der Waals surface area (Å²) in [4.78, 5) is 16.3. The molecule has 1 amide bonds. The number of carbonyl (C=O) groups excluding carboxylic acids is 1. The summed E-state index contributed by atoms with van der Waals surface area (Å²) >= 11 is 0. The molecule has 1 heterocycles. The highest BCUT2D eigenvalue weighted by Gasteiger charge is 2.37. The normalized spacial score (nSPS) is 15.6. The number of likely N-dealkylation sites (tertiary alicyclic amines) is 1. The topological polar surface area (TPSA) is 32.8 Å². The Labute approximate surface area is 156 Å². The van der Waals surface area contributed by atoms with Crippen LogP contribution in [0, 0.1) is 0 Å². The van der Waals surface area contributed by atoms with E-state index < -0.39 is 0 Å². The van der Waals surface area contributed by atoms with Crippen LogP contribution in [0.4, 0.5) is 4.79 Å². The van der Waals surface area contributed by atoms with E-state index in [4.69, 9.17) is 4.74 Å². The molecule has 26 heavy (non-hydrogen) atoms. The number of rotatable bonds is 4. The molecule has 4 nitrogen and oxygen atoms in total. The van der Waals surface area contributed by atoms with E-state index in [1.165, 1.54) is 11.1 Å². The van der Waals surface area contributed by atoms with Gasteiger partial charge >= 0.3 is 6.09 Å². The molecule has 0 spiro atoms. The van der Waals surface area contributed by atoms with Crippen molar-refractivity contribution in [2.45, 2.75) is 38.5 Å². The highest BCUT2D eigenvalue weighted by atomic mass is 16.6. The maximum Gasteiger partial charge on any atom is 0.410 e. The van der Waals surface area contributed by atoms with Crippen LogP contribution in [0.5, 0.6) is 0 Å². The SMILES string of the molecule is CN(C(=O)OC1CN(C(c2ccccc2)c2ccccc2)C1)C(C)(C)C. The van der Waals surface area contributed by atoms with E-state index in [0.29, 0.717) is 0 Å². The minimum Gasteiger partial charge on any atom is -0.443 e. The smallest absolute Gasteiger partial charge is 0.410 e. The van der Waals surface area contributed by atoms with Gasteiger partial charge in [0.2, 0.25) is 0 Å². The van der Waals surface area contributed by atoms with Gasteiger partial charge in [0.15, 0.2) is 0 Å². The summed E-state index contributed by atoms with van der Waals surface area (Å²) in [5.74, 6) is 0. The lowest BCUT2D eigenvalue weighted by atomic mass is 9.94. The summed E-state index contributed by atoms with van der Waals surface area (Å²) < 4.78 is 5.67. The summed E-state index contributed by atoms with van der Waals surface area (Å²) in [6.07, 6.45) is -0.305. The molecule has 0 unspecified atom stereocenters. The number of amides is 1. The lowest BCUT2D eigenvalue weighted by Crippen LogP contribution is -2.56. The molecule has 3 rings (SSSR count). The van der Waals surface area contributed by atoms with Crippen LogP contribution in [-0.4, -0.2) is 47.7 Å². The number of benzene rings is 2. The second-order valence-electron chi connectivity index (χ2n) is 7.91. The van der Waals surface area contributed by atoms with Gasteiger partial charge in [0, 0.05) is 25.7 Å². The second-order valence-corrected chi connectivity index (χ2v) is 7.91. The van der Waals surface area contributed by atoms with Crippen molar-refractivity contribution in [3.63, 3.8) is 0 Å². The Hall–Kier alpha value is -2.33. The molecule has 1 saturated heterocycles. The molecular weight excluding hydrogens is 324 g/mol. The number of nitrogens with zero attached hydrogens (tertiary/aromatic N) is 2. The van der Waals surface area contributed by atoms with Gasteiger partial charge in [-0.3, -0.25) is 4.90 Å². The summed E-state index contributed by atoms with van der Waals surface area (Å²) in [6, 6.07) is 21.2. The van der Waals surface area contributed by atoms with E-state index in [0.717, 1.165) is 13.1 Å². The largest absolute Gasteiger partial charge is 0.443 e. The van der Waals surface area contributed by atoms with Crippen LogP contribution >= 0.6 is 0 Å². The fourth-order valence-electron chi connectivity index (χ4n) is 3.14. The molecule has 1 fully saturated rings. The van der Waals surface area contributed by atoms with E-state index in [1.807, 2.05) is 32.9 Å². The fourth-order valence-corrected chi connectivity index (χ4v) is 3.14. The van der Waals surface area contributed by atoms with Crippen molar-refractivity contribution in [1.29, 1.82) is 0 Å². The first-order valence-electron chi connectivity index (χ1n) is 9.14. The molecule has 1 aliphatic rings. The van der Waals surface area contributed by atoms with Gasteiger partial charge in [-0.05, 0) is 31.9 Å². The molecule has 138 valence electrons. The van der Waals surface area contributed by atoms with Gasteiger partial charge in [-0.1, -0.05) is 60.7 Å². The second kappa shape index (κ2) is 7.50. The van der Waals surface area contributed by atoms with Gasteiger partial charge < -0.3 is 9.64 Å². The molecule has 2 aromatic carbocycles. The van der Waals surface area contributed by atoms with Gasteiger partial charge in [0.05, 0.1) is 6.04 Å². The number of carbonyl (C=O) groups is 1. The van der Waals surface area contributed by atoms with Crippen molar-refractivity contribution in [2.24, 2.45) is 0 Å². The Bertz CT molecular complexity index is 679. The van der Waals surface area contributed by atoms with Crippen molar-refractivity contribution in [2.75, 3.05) is 20.1 Å². The van der Waals surface area contributed by atoms with Crippen LogP contribution in [0.15, 0.2) is 60.7 Å². The summed E-state index contributed by atoms with van der Waals surface area (Å²) in [7, 11) is 1.79. The van der Waals surface area contributed by atoms with Gasteiger partial charge in [-0.2, -0.15) is 0 Å². The molecule has 0 radical (unpaired) electrons. The van der Waals surface area contributed by atoms with Crippen LogP contribution in [0.2, 0.25) is 0 Å².